The van der Waals surface area contributed by atoms with Crippen molar-refractivity contribution >= 4 is 17.1 Å². The number of anilines is 1. The van der Waals surface area contributed by atoms with Crippen LogP contribution in [0.1, 0.15) is 29.5 Å². The highest BCUT2D eigenvalue weighted by Crippen LogP contribution is 2.52. The van der Waals surface area contributed by atoms with Gasteiger partial charge in [-0.15, -0.1) is 0 Å². The summed E-state index contributed by atoms with van der Waals surface area (Å²) >= 11 is 0. The first kappa shape index (κ1) is 15.3. The van der Waals surface area contributed by atoms with E-state index in [1.807, 2.05) is 12.1 Å². The molecule has 0 unspecified atom stereocenters. The average molecular weight is 337 g/mol. The average Bonchev–Trinajstić information content (AvgIpc) is 3.10. The van der Waals surface area contributed by atoms with Gasteiger partial charge in [0.25, 0.3) is 11.4 Å². The summed E-state index contributed by atoms with van der Waals surface area (Å²) < 4.78 is 0. The number of benzene rings is 2. The molecule has 0 aromatic heterocycles. The molecule has 25 heavy (non-hydrogen) atoms. The van der Waals surface area contributed by atoms with Crippen LogP contribution in [-0.4, -0.2) is 9.85 Å². The van der Waals surface area contributed by atoms with E-state index in [0.717, 1.165) is 17.5 Å². The molecule has 2 aromatic rings. The molecule has 1 aliphatic heterocycles. The van der Waals surface area contributed by atoms with Crippen molar-refractivity contribution in [3.8, 4) is 0 Å². The Kier molecular flexibility index (Phi) is 3.49. The molecule has 3 atom stereocenters. The van der Waals surface area contributed by atoms with Crippen LogP contribution in [0.3, 0.4) is 0 Å². The molecular formula is C18H15N3O4. The van der Waals surface area contributed by atoms with Gasteiger partial charge in [0.2, 0.25) is 0 Å². The molecule has 0 spiro atoms. The van der Waals surface area contributed by atoms with Gasteiger partial charge in [0, 0.05) is 24.1 Å². The lowest BCUT2D eigenvalue weighted by molar-refractivity contribution is -0.384. The molecule has 1 N–H and O–H groups in total. The lowest BCUT2D eigenvalue weighted by Crippen LogP contribution is -2.29. The lowest BCUT2D eigenvalue weighted by Gasteiger charge is -2.37. The van der Waals surface area contributed by atoms with Gasteiger partial charge in [-0.25, -0.2) is 0 Å². The minimum atomic E-state index is -0.424. The molecule has 0 saturated heterocycles. The zero-order chi connectivity index (χ0) is 17.6. The molecule has 2 aromatic carbocycles. The van der Waals surface area contributed by atoms with Crippen LogP contribution in [0.5, 0.6) is 0 Å². The number of rotatable bonds is 3. The van der Waals surface area contributed by atoms with Crippen molar-refractivity contribution < 1.29 is 9.85 Å². The maximum absolute atomic E-state index is 11.4. The second-order valence-electron chi connectivity index (χ2n) is 6.33. The van der Waals surface area contributed by atoms with E-state index in [0.29, 0.717) is 5.69 Å². The minimum Gasteiger partial charge on any atom is -0.372 e. The third kappa shape index (κ3) is 2.44. The Bertz CT molecular complexity index is 909. The summed E-state index contributed by atoms with van der Waals surface area (Å²) in [5.41, 5.74) is 2.25. The first-order valence-electron chi connectivity index (χ1n) is 8.01. The predicted octanol–water partition coefficient (Wildman–Crippen LogP) is 4.33. The van der Waals surface area contributed by atoms with Gasteiger partial charge in [-0.05, 0) is 23.5 Å². The summed E-state index contributed by atoms with van der Waals surface area (Å²) in [6.45, 7) is 0. The Hall–Kier alpha value is -3.22. The Labute approximate surface area is 143 Å². The lowest BCUT2D eigenvalue weighted by atomic mass is 9.76. The zero-order valence-corrected chi connectivity index (χ0v) is 13.2. The Balaban J connectivity index is 1.83. The van der Waals surface area contributed by atoms with Gasteiger partial charge < -0.3 is 5.32 Å². The molecule has 0 fully saturated rings. The molecular weight excluding hydrogens is 322 g/mol. The maximum Gasteiger partial charge on any atom is 0.292 e. The van der Waals surface area contributed by atoms with Crippen molar-refractivity contribution in [2.24, 2.45) is 5.92 Å². The van der Waals surface area contributed by atoms with Crippen molar-refractivity contribution in [2.75, 3.05) is 5.32 Å². The number of nitro benzene ring substituents is 2. The summed E-state index contributed by atoms with van der Waals surface area (Å²) in [4.78, 5) is 21.7. The summed E-state index contributed by atoms with van der Waals surface area (Å²) in [6, 6.07) is 11.4. The maximum atomic E-state index is 11.4. The molecule has 2 aliphatic rings. The van der Waals surface area contributed by atoms with Crippen molar-refractivity contribution in [3.05, 3.63) is 86.0 Å². The van der Waals surface area contributed by atoms with Crippen molar-refractivity contribution in [1.29, 1.82) is 0 Å². The highest BCUT2D eigenvalue weighted by Gasteiger charge is 2.40. The molecule has 4 rings (SSSR count). The Morgan fingerprint density at radius 1 is 1.04 bits per heavy atom. The van der Waals surface area contributed by atoms with Gasteiger partial charge in [-0.1, -0.05) is 36.4 Å². The van der Waals surface area contributed by atoms with E-state index in [1.165, 1.54) is 12.1 Å². The van der Waals surface area contributed by atoms with Crippen LogP contribution in [0.4, 0.5) is 17.1 Å². The second-order valence-corrected chi connectivity index (χ2v) is 6.33. The highest BCUT2D eigenvalue weighted by molar-refractivity contribution is 5.71. The first-order valence-corrected chi connectivity index (χ1v) is 8.01. The number of non-ortho nitro benzene ring substituents is 1. The standard InChI is InChI=1S/C18H15N3O4/c22-20(23)12-5-1-4-11(10-12)17-14-7-2-6-13(14)15-8-3-9-16(21(24)25)18(15)19-17/h1-6,8-10,13-14,17,19H,7H2/t13-,14+,17-/m0/s1. The molecule has 1 heterocycles. The summed E-state index contributed by atoms with van der Waals surface area (Å²) in [5.74, 6) is 0.247. The SMILES string of the molecule is O=[N+]([O-])c1cccc([C@@H]2Nc3c(cccc3[N+](=O)[O-])[C@H]3C=CC[C@H]32)c1. The normalized spacial score (nSPS) is 23.4. The Morgan fingerprint density at radius 2 is 1.84 bits per heavy atom. The highest BCUT2D eigenvalue weighted by atomic mass is 16.6. The minimum absolute atomic E-state index is 0.0233. The number of nitrogens with one attached hydrogen (secondary N) is 1. The largest absolute Gasteiger partial charge is 0.372 e. The van der Waals surface area contributed by atoms with Gasteiger partial charge in [0.15, 0.2) is 0 Å². The summed E-state index contributed by atoms with van der Waals surface area (Å²) in [5, 5.41) is 25.8. The molecule has 126 valence electrons. The Morgan fingerprint density at radius 3 is 2.60 bits per heavy atom. The van der Waals surface area contributed by atoms with E-state index in [9.17, 15) is 20.2 Å². The molecule has 0 radical (unpaired) electrons. The van der Waals surface area contributed by atoms with Crippen LogP contribution in [0.2, 0.25) is 0 Å². The van der Waals surface area contributed by atoms with Crippen molar-refractivity contribution in [3.63, 3.8) is 0 Å². The number of nitro groups is 2. The smallest absolute Gasteiger partial charge is 0.292 e. The number of hydrogen-bond acceptors (Lipinski definition) is 5. The monoisotopic (exact) mass is 337 g/mol. The quantitative estimate of drug-likeness (QED) is 0.510. The van der Waals surface area contributed by atoms with Crippen LogP contribution in [0.25, 0.3) is 0 Å². The van der Waals surface area contributed by atoms with E-state index in [-0.39, 0.29) is 29.3 Å². The third-order valence-corrected chi connectivity index (χ3v) is 5.01. The van der Waals surface area contributed by atoms with Crippen LogP contribution in [0.15, 0.2) is 54.6 Å². The number of fused-ring (bicyclic) bond motifs is 3. The van der Waals surface area contributed by atoms with Crippen molar-refractivity contribution in [2.45, 2.75) is 18.4 Å². The third-order valence-electron chi connectivity index (χ3n) is 5.01. The topological polar surface area (TPSA) is 98.3 Å². The second kappa shape index (κ2) is 5.70. The fourth-order valence-corrected chi connectivity index (χ4v) is 3.92. The fourth-order valence-electron chi connectivity index (χ4n) is 3.92. The summed E-state index contributed by atoms with van der Waals surface area (Å²) in [7, 11) is 0. The number of para-hydroxylation sites is 1. The van der Waals surface area contributed by atoms with Gasteiger partial charge in [0.1, 0.15) is 5.69 Å². The molecule has 0 bridgehead atoms. The molecule has 0 saturated carbocycles. The van der Waals surface area contributed by atoms with Crippen LogP contribution in [0, 0.1) is 26.1 Å². The van der Waals surface area contributed by atoms with E-state index in [4.69, 9.17) is 0 Å². The van der Waals surface area contributed by atoms with Gasteiger partial charge in [-0.3, -0.25) is 20.2 Å². The van der Waals surface area contributed by atoms with Crippen LogP contribution in [-0.2, 0) is 0 Å². The van der Waals surface area contributed by atoms with E-state index < -0.39 is 9.85 Å². The number of allylic oxidation sites excluding steroid dienone is 2. The van der Waals surface area contributed by atoms with Crippen LogP contribution < -0.4 is 5.32 Å². The van der Waals surface area contributed by atoms with E-state index in [1.54, 1.807) is 18.2 Å². The van der Waals surface area contributed by atoms with Gasteiger partial charge in [0.05, 0.1) is 15.9 Å². The van der Waals surface area contributed by atoms with Crippen molar-refractivity contribution in [1.82, 2.24) is 0 Å². The van der Waals surface area contributed by atoms with E-state index in [2.05, 4.69) is 17.5 Å². The molecule has 7 nitrogen and oxygen atoms in total. The number of nitrogens with zero attached hydrogens (tertiary/aromatic N) is 2. The van der Waals surface area contributed by atoms with Gasteiger partial charge in [-0.2, -0.15) is 0 Å². The molecule has 1 aliphatic carbocycles. The van der Waals surface area contributed by atoms with E-state index >= 15 is 0 Å². The summed E-state index contributed by atoms with van der Waals surface area (Å²) in [6.07, 6.45) is 4.99. The molecule has 0 amide bonds. The first-order chi connectivity index (χ1) is 12.1. The number of hydrogen-bond donors (Lipinski definition) is 1. The molecule has 7 heteroatoms. The zero-order valence-electron chi connectivity index (χ0n) is 13.2. The van der Waals surface area contributed by atoms with Gasteiger partial charge >= 0.3 is 0 Å². The predicted molar refractivity (Wildman–Crippen MR) is 92.5 cm³/mol. The fraction of sp³-hybridized carbons (Fsp3) is 0.222. The van der Waals surface area contributed by atoms with Crippen LogP contribution >= 0.6 is 0 Å².